The second-order valence-corrected chi connectivity index (χ2v) is 4.56. The average Bonchev–Trinajstić information content (AvgIpc) is 2.34. The normalized spacial score (nSPS) is 10.6. The highest BCUT2D eigenvalue weighted by Crippen LogP contribution is 2.11. The molecule has 98 valence electrons. The lowest BCUT2D eigenvalue weighted by atomic mass is 10.0. The van der Waals surface area contributed by atoms with E-state index in [1.165, 1.54) is 12.1 Å². The van der Waals surface area contributed by atoms with Gasteiger partial charge in [0.15, 0.2) is 0 Å². The van der Waals surface area contributed by atoms with Crippen molar-refractivity contribution < 1.29 is 19.4 Å². The van der Waals surface area contributed by atoms with Crippen molar-refractivity contribution in [3.05, 3.63) is 34.9 Å². The van der Waals surface area contributed by atoms with Crippen molar-refractivity contribution in [2.24, 2.45) is 5.92 Å². The van der Waals surface area contributed by atoms with Gasteiger partial charge in [-0.3, -0.25) is 4.79 Å². The third-order valence-corrected chi connectivity index (χ3v) is 2.49. The fourth-order valence-corrected chi connectivity index (χ4v) is 1.57. The first-order chi connectivity index (χ1) is 8.54. The van der Waals surface area contributed by atoms with Gasteiger partial charge in [-0.25, -0.2) is 4.79 Å². The predicted molar refractivity (Wildman–Crippen MR) is 68.1 cm³/mol. The summed E-state index contributed by atoms with van der Waals surface area (Å²) in [5, 5.41) is 8.83. The molecule has 1 rings (SSSR count). The lowest BCUT2D eigenvalue weighted by molar-refractivity contribution is 0.0697. The summed E-state index contributed by atoms with van der Waals surface area (Å²) in [6.07, 6.45) is 1.30. The zero-order chi connectivity index (χ0) is 13.5. The molecule has 0 aliphatic carbocycles. The Kier molecular flexibility index (Phi) is 5.52. The minimum atomic E-state index is -1.03. The number of carboxylic acids is 1. The topological polar surface area (TPSA) is 63.6 Å². The molecule has 0 bridgehead atoms. The third-order valence-electron chi connectivity index (χ3n) is 2.49. The molecule has 0 radical (unpaired) electrons. The number of hydrogen-bond acceptors (Lipinski definition) is 3. The van der Waals surface area contributed by atoms with Gasteiger partial charge in [0.05, 0.1) is 12.2 Å². The molecule has 0 heterocycles. The largest absolute Gasteiger partial charge is 0.478 e. The van der Waals surface area contributed by atoms with Crippen molar-refractivity contribution in [1.29, 1.82) is 0 Å². The fourth-order valence-electron chi connectivity index (χ4n) is 1.57. The molecule has 0 unspecified atom stereocenters. The van der Waals surface area contributed by atoms with Crippen LogP contribution in [0.15, 0.2) is 18.2 Å². The first kappa shape index (κ1) is 14.4. The summed E-state index contributed by atoms with van der Waals surface area (Å²) in [5.74, 6) is -0.550. The number of aromatic carboxylic acids is 1. The van der Waals surface area contributed by atoms with Gasteiger partial charge in [-0.1, -0.05) is 19.9 Å². The highest BCUT2D eigenvalue weighted by Gasteiger charge is 2.08. The van der Waals surface area contributed by atoms with Gasteiger partial charge in [-0.2, -0.15) is 0 Å². The minimum absolute atomic E-state index is 0.129. The molecule has 0 fully saturated rings. The van der Waals surface area contributed by atoms with Crippen LogP contribution in [0.5, 0.6) is 0 Å². The van der Waals surface area contributed by atoms with Gasteiger partial charge < -0.3 is 9.84 Å². The molecule has 0 amide bonds. The molecule has 18 heavy (non-hydrogen) atoms. The summed E-state index contributed by atoms with van der Waals surface area (Å²) < 4.78 is 5.44. The Morgan fingerprint density at radius 2 is 2.17 bits per heavy atom. The van der Waals surface area contributed by atoms with Crippen molar-refractivity contribution in [2.45, 2.75) is 20.3 Å². The number of benzene rings is 1. The van der Waals surface area contributed by atoms with Gasteiger partial charge in [-0.15, -0.1) is 0 Å². The summed E-state index contributed by atoms with van der Waals surface area (Å²) in [5.41, 5.74) is 1.37. The number of carbonyl (C=O) groups excluding carboxylic acids is 1. The van der Waals surface area contributed by atoms with Crippen LogP contribution in [0.3, 0.4) is 0 Å². The fraction of sp³-hybridized carbons (Fsp3) is 0.429. The molecule has 0 aliphatic rings. The molecule has 1 aromatic carbocycles. The highest BCUT2D eigenvalue weighted by molar-refractivity contribution is 5.90. The molecule has 0 spiro atoms. The average molecular weight is 250 g/mol. The van der Waals surface area contributed by atoms with E-state index >= 15 is 0 Å². The van der Waals surface area contributed by atoms with E-state index < -0.39 is 5.97 Å². The Hall–Kier alpha value is -1.68. The third kappa shape index (κ3) is 4.30. The summed E-state index contributed by atoms with van der Waals surface area (Å²) in [7, 11) is 0. The molecule has 4 heteroatoms. The van der Waals surface area contributed by atoms with Crippen molar-refractivity contribution in [1.82, 2.24) is 0 Å². The van der Waals surface area contributed by atoms with E-state index in [9.17, 15) is 9.59 Å². The zero-order valence-electron chi connectivity index (χ0n) is 10.7. The molecule has 0 saturated heterocycles. The SMILES string of the molecule is CC(C)COCCc1ccc(C(=O)O)cc1C=O. The van der Waals surface area contributed by atoms with Gasteiger partial charge in [-0.05, 0) is 30.0 Å². The zero-order valence-corrected chi connectivity index (χ0v) is 10.7. The van der Waals surface area contributed by atoms with Crippen LogP contribution in [0.2, 0.25) is 0 Å². The monoisotopic (exact) mass is 250 g/mol. The molecular weight excluding hydrogens is 232 g/mol. The maximum absolute atomic E-state index is 10.9. The highest BCUT2D eigenvalue weighted by atomic mass is 16.5. The molecule has 1 aromatic rings. The Labute approximate surface area is 107 Å². The van der Waals surface area contributed by atoms with Crippen molar-refractivity contribution >= 4 is 12.3 Å². The van der Waals surface area contributed by atoms with Crippen LogP contribution in [0.4, 0.5) is 0 Å². The van der Waals surface area contributed by atoms with Crippen molar-refractivity contribution in [3.63, 3.8) is 0 Å². The lowest BCUT2D eigenvalue weighted by Crippen LogP contribution is -2.07. The number of ether oxygens (including phenoxy) is 1. The number of rotatable bonds is 7. The second kappa shape index (κ2) is 6.91. The molecule has 4 nitrogen and oxygen atoms in total. The maximum Gasteiger partial charge on any atom is 0.335 e. The smallest absolute Gasteiger partial charge is 0.335 e. The molecule has 0 aliphatic heterocycles. The Balaban J connectivity index is 2.65. The molecule has 0 atom stereocenters. The summed E-state index contributed by atoms with van der Waals surface area (Å²) in [4.78, 5) is 21.7. The Morgan fingerprint density at radius 3 is 2.72 bits per heavy atom. The standard InChI is InChI=1S/C14H18O4/c1-10(2)9-18-6-5-11-3-4-12(14(16)17)7-13(11)8-15/h3-4,7-8,10H,5-6,9H2,1-2H3,(H,16,17). The van der Waals surface area contributed by atoms with Crippen LogP contribution in [-0.2, 0) is 11.2 Å². The van der Waals surface area contributed by atoms with Gasteiger partial charge >= 0.3 is 5.97 Å². The van der Waals surface area contributed by atoms with E-state index in [2.05, 4.69) is 13.8 Å². The quantitative estimate of drug-likeness (QED) is 0.596. The lowest BCUT2D eigenvalue weighted by Gasteiger charge is -2.08. The first-order valence-corrected chi connectivity index (χ1v) is 5.93. The van der Waals surface area contributed by atoms with E-state index in [-0.39, 0.29) is 5.56 Å². The molecular formula is C14H18O4. The van der Waals surface area contributed by atoms with Gasteiger partial charge in [0.25, 0.3) is 0 Å². The van der Waals surface area contributed by atoms with Crippen LogP contribution in [0.25, 0.3) is 0 Å². The van der Waals surface area contributed by atoms with Gasteiger partial charge in [0, 0.05) is 12.2 Å². The first-order valence-electron chi connectivity index (χ1n) is 5.93. The van der Waals surface area contributed by atoms with E-state index in [1.807, 2.05) is 0 Å². The van der Waals surface area contributed by atoms with Crippen LogP contribution in [-0.4, -0.2) is 30.6 Å². The van der Waals surface area contributed by atoms with E-state index in [0.717, 1.165) is 5.56 Å². The molecule has 0 aromatic heterocycles. The maximum atomic E-state index is 10.9. The van der Waals surface area contributed by atoms with Crippen LogP contribution in [0.1, 0.15) is 40.1 Å². The summed E-state index contributed by atoms with van der Waals surface area (Å²) in [6.45, 7) is 5.35. The second-order valence-electron chi connectivity index (χ2n) is 4.56. The van der Waals surface area contributed by atoms with Crippen molar-refractivity contribution in [2.75, 3.05) is 13.2 Å². The number of aldehydes is 1. The van der Waals surface area contributed by atoms with E-state index in [1.54, 1.807) is 6.07 Å². The summed E-state index contributed by atoms with van der Waals surface area (Å²) in [6, 6.07) is 4.58. The predicted octanol–water partition coefficient (Wildman–Crippen LogP) is 2.41. The van der Waals surface area contributed by atoms with Crippen LogP contribution in [0, 0.1) is 5.92 Å². The van der Waals surface area contributed by atoms with Gasteiger partial charge in [0.2, 0.25) is 0 Å². The van der Waals surface area contributed by atoms with Gasteiger partial charge in [0.1, 0.15) is 6.29 Å². The Bertz CT molecular complexity index is 424. The number of carboxylic acid groups (broad SMARTS) is 1. The van der Waals surface area contributed by atoms with E-state index in [4.69, 9.17) is 9.84 Å². The van der Waals surface area contributed by atoms with Crippen LogP contribution < -0.4 is 0 Å². The van der Waals surface area contributed by atoms with E-state index in [0.29, 0.717) is 37.4 Å². The molecule has 0 saturated carbocycles. The number of hydrogen-bond donors (Lipinski definition) is 1. The van der Waals surface area contributed by atoms with Crippen molar-refractivity contribution in [3.8, 4) is 0 Å². The summed E-state index contributed by atoms with van der Waals surface area (Å²) >= 11 is 0. The Morgan fingerprint density at radius 1 is 1.44 bits per heavy atom. The minimum Gasteiger partial charge on any atom is -0.478 e. The number of carbonyl (C=O) groups is 2. The molecule has 1 N–H and O–H groups in total. The van der Waals surface area contributed by atoms with Crippen LogP contribution >= 0.6 is 0 Å².